The molecule has 2 aromatic heterocycles. The number of alkyl carbamates (subject to hydrolysis) is 1. The molecular weight excluding hydrogens is 538 g/mol. The number of amides is 3. The number of hydrogen-bond acceptors (Lipinski definition) is 6. The fourth-order valence-corrected chi connectivity index (χ4v) is 4.77. The van der Waals surface area contributed by atoms with Crippen LogP contribution in [-0.4, -0.2) is 70.4 Å². The van der Waals surface area contributed by atoms with Crippen LogP contribution in [0.2, 0.25) is 0 Å². The zero-order valence-electron chi connectivity index (χ0n) is 24.5. The summed E-state index contributed by atoms with van der Waals surface area (Å²) in [5.41, 5.74) is 2.92. The lowest BCUT2D eigenvalue weighted by Crippen LogP contribution is -2.58. The average Bonchev–Trinajstić information content (AvgIpc) is 3.53. The molecule has 11 nitrogen and oxygen atoms in total. The van der Waals surface area contributed by atoms with E-state index in [9.17, 15) is 19.5 Å². The maximum Gasteiger partial charge on any atom is 0.408 e. The summed E-state index contributed by atoms with van der Waals surface area (Å²) < 4.78 is 10.6. The summed E-state index contributed by atoms with van der Waals surface area (Å²) in [6, 6.07) is 11.1. The first-order valence-corrected chi connectivity index (χ1v) is 13.9. The molecule has 0 aliphatic carbocycles. The molecule has 0 fully saturated rings. The molecular formula is C31H39N5O6. The van der Waals surface area contributed by atoms with Gasteiger partial charge in [-0.2, -0.15) is 0 Å². The van der Waals surface area contributed by atoms with E-state index in [2.05, 4.69) is 25.9 Å². The third-order valence-electron chi connectivity index (χ3n) is 6.84. The van der Waals surface area contributed by atoms with Crippen LogP contribution in [-0.2, 0) is 27.2 Å². The summed E-state index contributed by atoms with van der Waals surface area (Å²) in [5, 5.41) is 20.3. The second-order valence-corrected chi connectivity index (χ2v) is 11.3. The number of rotatable bonds is 11. The second-order valence-electron chi connectivity index (χ2n) is 11.3. The molecule has 3 amide bonds. The third kappa shape index (κ3) is 7.61. The van der Waals surface area contributed by atoms with Gasteiger partial charge in [-0.3, -0.25) is 9.59 Å². The Morgan fingerprint density at radius 1 is 0.929 bits per heavy atom. The highest BCUT2D eigenvalue weighted by Gasteiger charge is 2.31. The van der Waals surface area contributed by atoms with Gasteiger partial charge in [-0.25, -0.2) is 4.79 Å². The molecule has 0 aliphatic heterocycles. The Labute approximate surface area is 244 Å². The monoisotopic (exact) mass is 577 g/mol. The van der Waals surface area contributed by atoms with Gasteiger partial charge in [-0.1, -0.05) is 18.2 Å². The Hall–Kier alpha value is -4.51. The highest BCUT2D eigenvalue weighted by atomic mass is 16.6. The van der Waals surface area contributed by atoms with E-state index in [4.69, 9.17) is 9.47 Å². The number of carbonyl (C=O) groups is 3. The summed E-state index contributed by atoms with van der Waals surface area (Å²) in [6.07, 6.45) is 2.34. The van der Waals surface area contributed by atoms with Crippen LogP contribution < -0.4 is 20.7 Å². The first-order valence-electron chi connectivity index (χ1n) is 13.9. The Morgan fingerprint density at radius 3 is 2.31 bits per heavy atom. The third-order valence-corrected chi connectivity index (χ3v) is 6.84. The molecule has 4 aromatic rings. The fraction of sp³-hybridized carbons (Fsp3) is 0.387. The molecule has 0 aliphatic rings. The van der Waals surface area contributed by atoms with Crippen LogP contribution in [0.15, 0.2) is 54.9 Å². The molecule has 2 aromatic carbocycles. The van der Waals surface area contributed by atoms with Crippen LogP contribution >= 0.6 is 0 Å². The Bertz CT molecular complexity index is 1550. The molecule has 0 radical (unpaired) electrons. The number of hydrogen-bond donors (Lipinski definition) is 6. The number of aromatic amines is 2. The van der Waals surface area contributed by atoms with E-state index < -0.39 is 41.7 Å². The van der Waals surface area contributed by atoms with Crippen LogP contribution in [0.25, 0.3) is 21.8 Å². The summed E-state index contributed by atoms with van der Waals surface area (Å²) in [4.78, 5) is 45.6. The van der Waals surface area contributed by atoms with E-state index in [1.54, 1.807) is 27.9 Å². The smallest absolute Gasteiger partial charge is 0.408 e. The van der Waals surface area contributed by atoms with Crippen molar-refractivity contribution < 1.29 is 29.0 Å². The van der Waals surface area contributed by atoms with E-state index in [1.165, 1.54) is 6.92 Å². The summed E-state index contributed by atoms with van der Waals surface area (Å²) >= 11 is 0. The first kappa shape index (κ1) is 30.4. The normalized spacial score (nSPS) is 13.8. The van der Waals surface area contributed by atoms with Gasteiger partial charge in [0.2, 0.25) is 11.8 Å². The molecule has 0 unspecified atom stereocenters. The number of aliphatic hydroxyl groups is 1. The molecule has 0 spiro atoms. The Balaban J connectivity index is 1.49. The minimum Gasteiger partial charge on any atom is -0.497 e. The van der Waals surface area contributed by atoms with E-state index in [0.717, 1.165) is 38.7 Å². The topological polar surface area (TPSA) is 158 Å². The highest BCUT2D eigenvalue weighted by molar-refractivity contribution is 5.93. The lowest BCUT2D eigenvalue weighted by Gasteiger charge is -2.26. The van der Waals surface area contributed by atoms with Gasteiger partial charge >= 0.3 is 6.09 Å². The molecule has 2 heterocycles. The van der Waals surface area contributed by atoms with Crippen LogP contribution in [0.4, 0.5) is 4.79 Å². The fourth-order valence-electron chi connectivity index (χ4n) is 4.77. The van der Waals surface area contributed by atoms with Crippen molar-refractivity contribution in [1.29, 1.82) is 0 Å². The molecule has 6 N–H and O–H groups in total. The molecule has 0 saturated carbocycles. The van der Waals surface area contributed by atoms with Gasteiger partial charge < -0.3 is 40.5 Å². The van der Waals surface area contributed by atoms with Crippen LogP contribution in [0, 0.1) is 0 Å². The number of para-hydroxylation sites is 1. The number of carbonyl (C=O) groups excluding carboxylic acids is 3. The maximum absolute atomic E-state index is 13.5. The SMILES string of the molecule is COc1ccc2[nH]cc(CCNC(=O)[C@H](Cc3c[nH]c4ccccc34)NC(=O)[C@@H](NC(=O)OC(C)(C)C)[C@@H](C)O)c2c1. The highest BCUT2D eigenvalue weighted by Crippen LogP contribution is 2.24. The van der Waals surface area contributed by atoms with Gasteiger partial charge in [-0.15, -0.1) is 0 Å². The predicted octanol–water partition coefficient (Wildman–Crippen LogP) is 3.32. The molecule has 3 atom stereocenters. The minimum atomic E-state index is -1.33. The maximum atomic E-state index is 13.5. The number of benzene rings is 2. The first-order chi connectivity index (χ1) is 19.9. The summed E-state index contributed by atoms with van der Waals surface area (Å²) in [5.74, 6) is -0.367. The molecule has 0 saturated heterocycles. The van der Waals surface area contributed by atoms with Gasteiger partial charge in [0.25, 0.3) is 0 Å². The van der Waals surface area contributed by atoms with E-state index in [0.29, 0.717) is 13.0 Å². The lowest BCUT2D eigenvalue weighted by molar-refractivity contribution is -0.131. The van der Waals surface area contributed by atoms with Crippen molar-refractivity contribution in [2.75, 3.05) is 13.7 Å². The summed E-state index contributed by atoms with van der Waals surface area (Å²) in [7, 11) is 1.61. The molecule has 11 heteroatoms. The van der Waals surface area contributed by atoms with Crippen molar-refractivity contribution in [1.82, 2.24) is 25.9 Å². The number of methoxy groups -OCH3 is 1. The number of H-pyrrole nitrogens is 2. The van der Waals surface area contributed by atoms with Crippen molar-refractivity contribution in [2.24, 2.45) is 0 Å². The van der Waals surface area contributed by atoms with Crippen molar-refractivity contribution in [2.45, 2.75) is 64.3 Å². The minimum absolute atomic E-state index is 0.185. The van der Waals surface area contributed by atoms with Crippen LogP contribution in [0.5, 0.6) is 5.75 Å². The molecule has 42 heavy (non-hydrogen) atoms. The van der Waals surface area contributed by atoms with Crippen LogP contribution in [0.1, 0.15) is 38.8 Å². The number of ether oxygens (including phenoxy) is 2. The van der Waals surface area contributed by atoms with E-state index in [1.807, 2.05) is 54.9 Å². The molecule has 4 rings (SSSR count). The van der Waals surface area contributed by atoms with Crippen LogP contribution in [0.3, 0.4) is 0 Å². The number of fused-ring (bicyclic) bond motifs is 2. The number of nitrogens with one attached hydrogen (secondary N) is 5. The van der Waals surface area contributed by atoms with E-state index in [-0.39, 0.29) is 6.42 Å². The zero-order chi connectivity index (χ0) is 30.4. The second kappa shape index (κ2) is 13.0. The quantitative estimate of drug-likeness (QED) is 0.161. The standard InChI is InChI=1S/C31H39N5O6/c1-18(37)27(36-30(40)42-31(2,3)4)29(39)35-26(14-20-17-34-24-9-7-6-8-22(20)24)28(38)32-13-12-19-16-33-25-11-10-21(41-5)15-23(19)25/h6-11,15-18,26-27,33-34,37H,12-14H2,1-5H3,(H,32,38)(H,35,39)(H,36,40)/t18-,26+,27+/m1/s1. The zero-order valence-corrected chi connectivity index (χ0v) is 24.5. The Kier molecular flexibility index (Phi) is 9.41. The van der Waals surface area contributed by atoms with E-state index >= 15 is 0 Å². The van der Waals surface area contributed by atoms with Crippen molar-refractivity contribution in [3.05, 3.63) is 66.0 Å². The van der Waals surface area contributed by atoms with Gasteiger partial charge in [-0.05, 0) is 69.5 Å². The Morgan fingerprint density at radius 2 is 1.62 bits per heavy atom. The van der Waals surface area contributed by atoms with Crippen molar-refractivity contribution in [3.8, 4) is 5.75 Å². The van der Waals surface area contributed by atoms with Crippen molar-refractivity contribution >= 4 is 39.7 Å². The van der Waals surface area contributed by atoms with Gasteiger partial charge in [0.1, 0.15) is 23.4 Å². The predicted molar refractivity (Wildman–Crippen MR) is 160 cm³/mol. The number of aliphatic hydroxyl groups excluding tert-OH is 1. The van der Waals surface area contributed by atoms with Gasteiger partial charge in [0, 0.05) is 47.2 Å². The van der Waals surface area contributed by atoms with Gasteiger partial charge in [0.05, 0.1) is 13.2 Å². The molecule has 224 valence electrons. The summed E-state index contributed by atoms with van der Waals surface area (Å²) in [6.45, 7) is 6.78. The largest absolute Gasteiger partial charge is 0.497 e. The average molecular weight is 578 g/mol. The lowest BCUT2D eigenvalue weighted by atomic mass is 10.0. The van der Waals surface area contributed by atoms with Gasteiger partial charge in [0.15, 0.2) is 0 Å². The molecule has 0 bridgehead atoms. The number of aromatic nitrogens is 2. The van der Waals surface area contributed by atoms with Crippen molar-refractivity contribution in [3.63, 3.8) is 0 Å².